The number of aromatic nitrogens is 2. The van der Waals surface area contributed by atoms with E-state index in [1.807, 2.05) is 6.92 Å². The van der Waals surface area contributed by atoms with E-state index in [0.29, 0.717) is 21.7 Å². The number of nitrogens with one attached hydrogen (secondary N) is 1. The summed E-state index contributed by atoms with van der Waals surface area (Å²) in [5.41, 5.74) is 7.59. The molecular weight excluding hydrogens is 296 g/mol. The highest BCUT2D eigenvalue weighted by Crippen LogP contribution is 2.14. The largest absolute Gasteiger partial charge is 0.399 e. The fourth-order valence-electron chi connectivity index (χ4n) is 1.44. The number of nitrogen functional groups attached to an aromatic ring is 1. The minimum atomic E-state index is -0.253. The Balaban J connectivity index is 2.21. The third-order valence-electron chi connectivity index (χ3n) is 2.37. The Morgan fingerprint density at radius 1 is 1.33 bits per heavy atom. The second kappa shape index (κ2) is 5.14. The van der Waals surface area contributed by atoms with Crippen LogP contribution in [-0.4, -0.2) is 15.9 Å². The zero-order chi connectivity index (χ0) is 13.1. The highest BCUT2D eigenvalue weighted by molar-refractivity contribution is 9.10. The van der Waals surface area contributed by atoms with Crippen molar-refractivity contribution in [3.05, 3.63) is 46.3 Å². The number of aryl methyl sites for hydroxylation is 1. The van der Waals surface area contributed by atoms with Crippen LogP contribution in [0.2, 0.25) is 0 Å². The van der Waals surface area contributed by atoms with Crippen molar-refractivity contribution in [2.45, 2.75) is 6.92 Å². The SMILES string of the molecule is Cc1ccc(N)cc1C(=O)Nc1cnc(Br)cn1. The van der Waals surface area contributed by atoms with Crippen molar-refractivity contribution in [2.75, 3.05) is 11.1 Å². The van der Waals surface area contributed by atoms with E-state index in [4.69, 9.17) is 5.73 Å². The maximum Gasteiger partial charge on any atom is 0.257 e. The standard InChI is InChI=1S/C12H11BrN4O/c1-7-2-3-8(14)4-9(7)12(18)17-11-6-15-10(13)5-16-11/h2-6H,14H2,1H3,(H,16,17,18). The molecule has 0 saturated carbocycles. The molecule has 1 aromatic heterocycles. The van der Waals surface area contributed by atoms with Gasteiger partial charge in [0.25, 0.3) is 5.91 Å². The van der Waals surface area contributed by atoms with E-state index < -0.39 is 0 Å². The summed E-state index contributed by atoms with van der Waals surface area (Å²) in [5, 5.41) is 2.66. The van der Waals surface area contributed by atoms with Gasteiger partial charge in [-0.15, -0.1) is 0 Å². The molecule has 1 amide bonds. The van der Waals surface area contributed by atoms with Gasteiger partial charge in [-0.2, -0.15) is 0 Å². The third-order valence-corrected chi connectivity index (χ3v) is 2.78. The van der Waals surface area contributed by atoms with Crippen LogP contribution < -0.4 is 11.1 Å². The Kier molecular flexibility index (Phi) is 3.57. The lowest BCUT2D eigenvalue weighted by Crippen LogP contribution is -2.14. The van der Waals surface area contributed by atoms with Gasteiger partial charge in [-0.25, -0.2) is 9.97 Å². The molecule has 0 radical (unpaired) electrons. The molecule has 0 aliphatic carbocycles. The zero-order valence-electron chi connectivity index (χ0n) is 9.64. The molecule has 0 saturated heterocycles. The summed E-state index contributed by atoms with van der Waals surface area (Å²) in [7, 11) is 0. The molecule has 92 valence electrons. The Hall–Kier alpha value is -1.95. The molecular formula is C12H11BrN4O. The Morgan fingerprint density at radius 2 is 2.11 bits per heavy atom. The number of nitrogens with zero attached hydrogens (tertiary/aromatic N) is 2. The van der Waals surface area contributed by atoms with E-state index in [-0.39, 0.29) is 5.91 Å². The molecule has 0 aliphatic heterocycles. The van der Waals surface area contributed by atoms with Gasteiger partial charge in [0.2, 0.25) is 0 Å². The van der Waals surface area contributed by atoms with Gasteiger partial charge < -0.3 is 11.1 Å². The normalized spacial score (nSPS) is 10.1. The van der Waals surface area contributed by atoms with E-state index in [0.717, 1.165) is 5.56 Å². The number of anilines is 2. The van der Waals surface area contributed by atoms with E-state index in [9.17, 15) is 4.79 Å². The van der Waals surface area contributed by atoms with Crippen LogP contribution in [0.25, 0.3) is 0 Å². The number of benzene rings is 1. The van der Waals surface area contributed by atoms with Gasteiger partial charge in [0.15, 0.2) is 5.82 Å². The number of hydrogen-bond donors (Lipinski definition) is 2. The first-order chi connectivity index (χ1) is 8.56. The van der Waals surface area contributed by atoms with Crippen LogP contribution in [0, 0.1) is 6.92 Å². The van der Waals surface area contributed by atoms with Crippen molar-refractivity contribution >= 4 is 33.3 Å². The lowest BCUT2D eigenvalue weighted by Gasteiger charge is -2.07. The molecule has 0 atom stereocenters. The maximum absolute atomic E-state index is 12.0. The summed E-state index contributed by atoms with van der Waals surface area (Å²) >= 11 is 3.17. The lowest BCUT2D eigenvalue weighted by molar-refractivity contribution is 0.102. The van der Waals surface area contributed by atoms with Crippen molar-refractivity contribution in [1.82, 2.24) is 9.97 Å². The average molecular weight is 307 g/mol. The molecule has 18 heavy (non-hydrogen) atoms. The molecule has 2 rings (SSSR count). The molecule has 0 fully saturated rings. The molecule has 1 heterocycles. The summed E-state index contributed by atoms with van der Waals surface area (Å²) < 4.78 is 0.612. The zero-order valence-corrected chi connectivity index (χ0v) is 11.2. The second-order valence-corrected chi connectivity index (χ2v) is 4.57. The highest BCUT2D eigenvalue weighted by Gasteiger charge is 2.10. The molecule has 1 aromatic carbocycles. The minimum absolute atomic E-state index is 0.253. The van der Waals surface area contributed by atoms with Crippen LogP contribution >= 0.6 is 15.9 Å². The van der Waals surface area contributed by atoms with Gasteiger partial charge in [-0.05, 0) is 40.5 Å². The molecule has 3 N–H and O–H groups in total. The van der Waals surface area contributed by atoms with E-state index in [1.165, 1.54) is 12.4 Å². The van der Waals surface area contributed by atoms with E-state index in [2.05, 4.69) is 31.2 Å². The smallest absolute Gasteiger partial charge is 0.257 e. The first-order valence-electron chi connectivity index (χ1n) is 5.21. The van der Waals surface area contributed by atoms with Gasteiger partial charge in [0.05, 0.1) is 12.4 Å². The third kappa shape index (κ3) is 2.84. The molecule has 2 aromatic rings. The number of hydrogen-bond acceptors (Lipinski definition) is 4. The van der Waals surface area contributed by atoms with Crippen molar-refractivity contribution in [3.63, 3.8) is 0 Å². The molecule has 0 spiro atoms. The average Bonchev–Trinajstić information content (AvgIpc) is 2.35. The number of rotatable bonds is 2. The molecule has 0 bridgehead atoms. The van der Waals surface area contributed by atoms with Gasteiger partial charge in [-0.3, -0.25) is 4.79 Å². The molecule has 0 aliphatic rings. The van der Waals surface area contributed by atoms with Gasteiger partial charge in [-0.1, -0.05) is 6.07 Å². The monoisotopic (exact) mass is 306 g/mol. The predicted molar refractivity (Wildman–Crippen MR) is 73.3 cm³/mol. The predicted octanol–water partition coefficient (Wildman–Crippen LogP) is 2.38. The first kappa shape index (κ1) is 12.5. The number of halogens is 1. The van der Waals surface area contributed by atoms with Crippen molar-refractivity contribution in [1.29, 1.82) is 0 Å². The van der Waals surface area contributed by atoms with Crippen molar-refractivity contribution in [3.8, 4) is 0 Å². The van der Waals surface area contributed by atoms with E-state index >= 15 is 0 Å². The van der Waals surface area contributed by atoms with Gasteiger partial charge in [0, 0.05) is 11.3 Å². The fraction of sp³-hybridized carbons (Fsp3) is 0.0833. The highest BCUT2D eigenvalue weighted by atomic mass is 79.9. The fourth-order valence-corrected chi connectivity index (χ4v) is 1.65. The number of carbonyl (C=O) groups excluding carboxylic acids is 1. The van der Waals surface area contributed by atoms with Crippen molar-refractivity contribution < 1.29 is 4.79 Å². The Labute approximate surface area is 113 Å². The number of amides is 1. The second-order valence-electron chi connectivity index (χ2n) is 3.75. The molecule has 6 heteroatoms. The summed E-state index contributed by atoms with van der Waals surface area (Å²) in [4.78, 5) is 20.0. The van der Waals surface area contributed by atoms with Gasteiger partial charge in [0.1, 0.15) is 4.60 Å². The van der Waals surface area contributed by atoms with Crippen LogP contribution in [0.3, 0.4) is 0 Å². The maximum atomic E-state index is 12.0. The van der Waals surface area contributed by atoms with Crippen molar-refractivity contribution in [2.24, 2.45) is 0 Å². The topological polar surface area (TPSA) is 80.9 Å². The van der Waals surface area contributed by atoms with Crippen LogP contribution in [0.1, 0.15) is 15.9 Å². The van der Waals surface area contributed by atoms with E-state index in [1.54, 1.807) is 18.2 Å². The molecule has 0 unspecified atom stereocenters. The lowest BCUT2D eigenvalue weighted by atomic mass is 10.1. The number of nitrogens with two attached hydrogens (primary N) is 1. The summed E-state index contributed by atoms with van der Waals surface area (Å²) in [6, 6.07) is 5.19. The van der Waals surface area contributed by atoms with Crippen LogP contribution in [0.4, 0.5) is 11.5 Å². The molecule has 5 nitrogen and oxygen atoms in total. The van der Waals surface area contributed by atoms with Crippen LogP contribution in [0.15, 0.2) is 35.2 Å². The van der Waals surface area contributed by atoms with Crippen LogP contribution in [-0.2, 0) is 0 Å². The Bertz CT molecular complexity index is 583. The summed E-state index contributed by atoms with van der Waals surface area (Å²) in [6.45, 7) is 1.85. The quantitative estimate of drug-likeness (QED) is 0.835. The number of carbonyl (C=O) groups is 1. The summed E-state index contributed by atoms with van der Waals surface area (Å²) in [6.07, 6.45) is 2.99. The van der Waals surface area contributed by atoms with Gasteiger partial charge >= 0.3 is 0 Å². The summed E-state index contributed by atoms with van der Waals surface area (Å²) in [5.74, 6) is 0.140. The van der Waals surface area contributed by atoms with Crippen LogP contribution in [0.5, 0.6) is 0 Å². The minimum Gasteiger partial charge on any atom is -0.399 e. The Morgan fingerprint density at radius 3 is 2.78 bits per heavy atom. The first-order valence-corrected chi connectivity index (χ1v) is 6.00.